The lowest BCUT2D eigenvalue weighted by molar-refractivity contribution is 0.598. The molecule has 1 aromatic carbocycles. The van der Waals surface area contributed by atoms with Crippen molar-refractivity contribution in [2.24, 2.45) is 0 Å². The fourth-order valence-electron chi connectivity index (χ4n) is 1.36. The lowest BCUT2D eigenvalue weighted by Gasteiger charge is -2.09. The summed E-state index contributed by atoms with van der Waals surface area (Å²) in [5, 5.41) is 11.5. The van der Waals surface area contributed by atoms with Crippen molar-refractivity contribution in [3.63, 3.8) is 0 Å². The number of hydrogen-bond acceptors (Lipinski definition) is 3. The molecule has 1 N–H and O–H groups in total. The van der Waals surface area contributed by atoms with Crippen LogP contribution in [0.15, 0.2) is 35.1 Å². The average molecular weight is 310 g/mol. The van der Waals surface area contributed by atoms with Crippen LogP contribution in [0.2, 0.25) is 0 Å². The van der Waals surface area contributed by atoms with Crippen LogP contribution in [0, 0.1) is 23.0 Å². The molecule has 0 amide bonds. The molecule has 2 aromatic rings. The predicted octanol–water partition coefficient (Wildman–Crippen LogP) is 3.74. The Morgan fingerprint density at radius 3 is 2.72 bits per heavy atom. The molecule has 6 heteroatoms. The molecule has 0 aliphatic heterocycles. The molecule has 90 valence electrons. The number of halogens is 3. The first-order chi connectivity index (χ1) is 8.61. The van der Waals surface area contributed by atoms with Crippen LogP contribution in [-0.2, 0) is 0 Å². The summed E-state index contributed by atoms with van der Waals surface area (Å²) in [5.74, 6) is -1.22. The number of nitriles is 1. The van der Waals surface area contributed by atoms with Gasteiger partial charge in [0.25, 0.3) is 0 Å². The van der Waals surface area contributed by atoms with Gasteiger partial charge in [0.2, 0.25) is 0 Å². The van der Waals surface area contributed by atoms with Crippen molar-refractivity contribution < 1.29 is 8.78 Å². The van der Waals surface area contributed by atoms with E-state index in [0.29, 0.717) is 11.3 Å². The number of aromatic nitrogens is 1. The normalized spacial score (nSPS) is 9.89. The van der Waals surface area contributed by atoms with Gasteiger partial charge >= 0.3 is 0 Å². The highest BCUT2D eigenvalue weighted by molar-refractivity contribution is 9.10. The Balaban J connectivity index is 2.41. The Hall–Kier alpha value is -2.00. The summed E-state index contributed by atoms with van der Waals surface area (Å²) in [5.41, 5.74) is 0.563. The molecule has 0 fully saturated rings. The van der Waals surface area contributed by atoms with Crippen LogP contribution >= 0.6 is 15.9 Å². The van der Waals surface area contributed by atoms with Gasteiger partial charge in [-0.3, -0.25) is 4.98 Å². The Morgan fingerprint density at radius 2 is 2.00 bits per heavy atom. The van der Waals surface area contributed by atoms with Gasteiger partial charge in [-0.25, -0.2) is 8.78 Å². The van der Waals surface area contributed by atoms with Crippen molar-refractivity contribution in [1.82, 2.24) is 4.98 Å². The molecule has 0 saturated heterocycles. The maximum atomic E-state index is 13.6. The van der Waals surface area contributed by atoms with Gasteiger partial charge in [-0.2, -0.15) is 5.26 Å². The first-order valence-electron chi connectivity index (χ1n) is 4.87. The maximum absolute atomic E-state index is 13.6. The third-order valence-electron chi connectivity index (χ3n) is 2.22. The third-order valence-corrected chi connectivity index (χ3v) is 2.83. The molecule has 0 saturated carbocycles. The van der Waals surface area contributed by atoms with Crippen molar-refractivity contribution in [1.29, 1.82) is 5.26 Å². The van der Waals surface area contributed by atoms with Crippen LogP contribution in [0.5, 0.6) is 0 Å². The average Bonchev–Trinajstić information content (AvgIpc) is 2.36. The van der Waals surface area contributed by atoms with Crippen LogP contribution in [-0.4, -0.2) is 4.98 Å². The quantitative estimate of drug-likeness (QED) is 0.860. The van der Waals surface area contributed by atoms with Crippen molar-refractivity contribution in [3.8, 4) is 6.07 Å². The van der Waals surface area contributed by atoms with E-state index in [1.54, 1.807) is 0 Å². The van der Waals surface area contributed by atoms with Gasteiger partial charge in [0.1, 0.15) is 17.7 Å². The van der Waals surface area contributed by atoms with Crippen LogP contribution in [0.1, 0.15) is 5.56 Å². The van der Waals surface area contributed by atoms with Crippen LogP contribution < -0.4 is 5.32 Å². The lowest BCUT2D eigenvalue weighted by Crippen LogP contribution is -1.98. The highest BCUT2D eigenvalue weighted by Gasteiger charge is 2.10. The van der Waals surface area contributed by atoms with Crippen molar-refractivity contribution in [2.45, 2.75) is 0 Å². The predicted molar refractivity (Wildman–Crippen MR) is 66.3 cm³/mol. The smallest absolute Gasteiger partial charge is 0.147 e. The number of benzene rings is 1. The minimum absolute atomic E-state index is 0.0391. The van der Waals surface area contributed by atoms with Gasteiger partial charge in [-0.1, -0.05) is 0 Å². The number of nitrogens with one attached hydrogen (secondary N) is 1. The molecule has 0 aliphatic rings. The monoisotopic (exact) mass is 309 g/mol. The number of hydrogen-bond donors (Lipinski definition) is 1. The van der Waals surface area contributed by atoms with E-state index >= 15 is 0 Å². The molecule has 18 heavy (non-hydrogen) atoms. The summed E-state index contributed by atoms with van der Waals surface area (Å²) in [4.78, 5) is 3.82. The molecule has 0 bridgehead atoms. The fraction of sp³-hybridized carbons (Fsp3) is 0. The Morgan fingerprint density at radius 1 is 1.22 bits per heavy atom. The van der Waals surface area contributed by atoms with E-state index in [1.807, 2.05) is 6.07 Å². The molecule has 0 spiro atoms. The van der Waals surface area contributed by atoms with Gasteiger partial charge in [-0.15, -0.1) is 0 Å². The highest BCUT2D eigenvalue weighted by Crippen LogP contribution is 2.26. The van der Waals surface area contributed by atoms with E-state index in [1.165, 1.54) is 18.5 Å². The van der Waals surface area contributed by atoms with Crippen molar-refractivity contribution in [2.75, 3.05) is 5.32 Å². The van der Waals surface area contributed by atoms with E-state index in [-0.39, 0.29) is 10.2 Å². The Labute approximate surface area is 110 Å². The second-order valence-corrected chi connectivity index (χ2v) is 4.26. The largest absolute Gasteiger partial charge is 0.351 e. The zero-order valence-electron chi connectivity index (χ0n) is 8.92. The number of nitrogens with zero attached hydrogens (tertiary/aromatic N) is 2. The molecule has 0 atom stereocenters. The first kappa shape index (κ1) is 12.5. The van der Waals surface area contributed by atoms with Crippen LogP contribution in [0.4, 0.5) is 20.2 Å². The summed E-state index contributed by atoms with van der Waals surface area (Å²) in [6, 6.07) is 5.44. The molecule has 3 nitrogen and oxygen atoms in total. The van der Waals surface area contributed by atoms with E-state index in [4.69, 9.17) is 5.26 Å². The standard InChI is InChI=1S/C12H6BrF2N3/c13-8-3-10(15)11(4-9(8)14)18-12-6-17-2-1-7(12)5-16/h1-4,6,18H. The summed E-state index contributed by atoms with van der Waals surface area (Å²) in [6.45, 7) is 0. The van der Waals surface area contributed by atoms with Crippen LogP contribution in [0.25, 0.3) is 0 Å². The topological polar surface area (TPSA) is 48.7 Å². The molecule has 0 unspecified atom stereocenters. The Bertz CT molecular complexity index is 638. The summed E-state index contributed by atoms with van der Waals surface area (Å²) < 4.78 is 26.9. The van der Waals surface area contributed by atoms with E-state index in [2.05, 4.69) is 26.2 Å². The highest BCUT2D eigenvalue weighted by atomic mass is 79.9. The molecule has 1 heterocycles. The van der Waals surface area contributed by atoms with E-state index in [0.717, 1.165) is 12.1 Å². The van der Waals surface area contributed by atoms with Gasteiger partial charge in [-0.05, 0) is 28.1 Å². The minimum atomic E-state index is -0.629. The third kappa shape index (κ3) is 2.46. The molecule has 2 rings (SSSR count). The Kier molecular flexibility index (Phi) is 3.53. The van der Waals surface area contributed by atoms with E-state index in [9.17, 15) is 8.78 Å². The number of pyridine rings is 1. The van der Waals surface area contributed by atoms with Gasteiger partial charge in [0.15, 0.2) is 0 Å². The van der Waals surface area contributed by atoms with Gasteiger partial charge in [0, 0.05) is 12.3 Å². The number of anilines is 2. The van der Waals surface area contributed by atoms with Crippen LogP contribution in [0.3, 0.4) is 0 Å². The zero-order valence-corrected chi connectivity index (χ0v) is 10.5. The molecule has 0 radical (unpaired) electrons. The summed E-state index contributed by atoms with van der Waals surface area (Å²) >= 11 is 2.89. The fourth-order valence-corrected chi connectivity index (χ4v) is 1.67. The number of rotatable bonds is 2. The minimum Gasteiger partial charge on any atom is -0.351 e. The van der Waals surface area contributed by atoms with Crippen molar-refractivity contribution in [3.05, 3.63) is 52.3 Å². The molecular formula is C12H6BrF2N3. The second-order valence-electron chi connectivity index (χ2n) is 3.40. The van der Waals surface area contributed by atoms with Crippen molar-refractivity contribution >= 4 is 27.3 Å². The van der Waals surface area contributed by atoms with Gasteiger partial charge in [0.05, 0.1) is 27.6 Å². The molecule has 0 aliphatic carbocycles. The first-order valence-corrected chi connectivity index (χ1v) is 5.67. The second kappa shape index (κ2) is 5.10. The lowest BCUT2D eigenvalue weighted by atomic mass is 10.2. The maximum Gasteiger partial charge on any atom is 0.147 e. The molecular weight excluding hydrogens is 304 g/mol. The molecule has 1 aromatic heterocycles. The SMILES string of the molecule is N#Cc1ccncc1Nc1cc(F)c(Br)cc1F. The van der Waals surface area contributed by atoms with E-state index < -0.39 is 11.6 Å². The van der Waals surface area contributed by atoms with Gasteiger partial charge < -0.3 is 5.32 Å². The summed E-state index contributed by atoms with van der Waals surface area (Å²) in [6.07, 6.45) is 2.82. The summed E-state index contributed by atoms with van der Waals surface area (Å²) in [7, 11) is 0. The zero-order chi connectivity index (χ0) is 13.1.